The molecule has 1 unspecified atom stereocenters. The number of benzene rings is 2. The molecule has 8 heteroatoms. The molecule has 0 fully saturated rings. The van der Waals surface area contributed by atoms with Crippen LogP contribution in [-0.4, -0.2) is 17.7 Å². The van der Waals surface area contributed by atoms with E-state index >= 15 is 0 Å². The Morgan fingerprint density at radius 1 is 1.13 bits per heavy atom. The molecule has 0 aliphatic carbocycles. The maximum Gasteiger partial charge on any atom is 0.416 e. The van der Waals surface area contributed by atoms with Crippen molar-refractivity contribution in [2.75, 3.05) is 5.32 Å². The standard InChI is InChI=1S/C23H30F3N3O2/c1-4-18(12-13-22(2,3)31-21(27)30)28-15-16-8-5-6-11-20(16)29-19-10-7-9-17(14-19)23(24,25)26/h5-11,14,18,28-29H,4,12-13,15H2,1-3H3,(H2,27,30). The first-order valence-corrected chi connectivity index (χ1v) is 10.2. The van der Waals surface area contributed by atoms with Crippen molar-refractivity contribution in [3.05, 3.63) is 59.7 Å². The van der Waals surface area contributed by atoms with E-state index in [1.807, 2.05) is 38.1 Å². The predicted octanol–water partition coefficient (Wildman–Crippen LogP) is 5.97. The third kappa shape index (κ3) is 8.13. The van der Waals surface area contributed by atoms with E-state index in [4.69, 9.17) is 10.5 Å². The summed E-state index contributed by atoms with van der Waals surface area (Å²) in [5.41, 5.74) is 5.82. The zero-order valence-electron chi connectivity index (χ0n) is 18.1. The van der Waals surface area contributed by atoms with Crippen molar-refractivity contribution in [2.45, 2.75) is 64.4 Å². The van der Waals surface area contributed by atoms with Gasteiger partial charge in [0.05, 0.1) is 5.56 Å². The van der Waals surface area contributed by atoms with Gasteiger partial charge in [0.15, 0.2) is 0 Å². The van der Waals surface area contributed by atoms with Crippen molar-refractivity contribution in [1.82, 2.24) is 5.32 Å². The van der Waals surface area contributed by atoms with Crippen LogP contribution < -0.4 is 16.4 Å². The minimum absolute atomic E-state index is 0.178. The van der Waals surface area contributed by atoms with Crippen molar-refractivity contribution in [1.29, 1.82) is 0 Å². The molecule has 31 heavy (non-hydrogen) atoms. The number of nitrogens with one attached hydrogen (secondary N) is 2. The van der Waals surface area contributed by atoms with Crippen molar-refractivity contribution in [3.8, 4) is 0 Å². The molecule has 2 aromatic rings. The summed E-state index contributed by atoms with van der Waals surface area (Å²) in [5, 5.41) is 6.57. The summed E-state index contributed by atoms with van der Waals surface area (Å²) in [4.78, 5) is 11.0. The fourth-order valence-electron chi connectivity index (χ4n) is 3.28. The maximum atomic E-state index is 13.0. The molecule has 0 radical (unpaired) electrons. The van der Waals surface area contributed by atoms with Gasteiger partial charge in [-0.25, -0.2) is 4.79 Å². The Morgan fingerprint density at radius 3 is 2.48 bits per heavy atom. The predicted molar refractivity (Wildman–Crippen MR) is 116 cm³/mol. The molecule has 0 aliphatic heterocycles. The second-order valence-electron chi connectivity index (χ2n) is 8.07. The van der Waals surface area contributed by atoms with Crippen LogP contribution in [0.25, 0.3) is 0 Å². The molecule has 0 aliphatic rings. The highest BCUT2D eigenvalue weighted by atomic mass is 19.4. The number of primary amides is 1. The minimum Gasteiger partial charge on any atom is -0.444 e. The van der Waals surface area contributed by atoms with Crippen LogP contribution in [0, 0.1) is 0 Å². The van der Waals surface area contributed by atoms with Crippen LogP contribution in [0.1, 0.15) is 51.2 Å². The molecule has 0 spiro atoms. The first kappa shape index (κ1) is 24.5. The summed E-state index contributed by atoms with van der Waals surface area (Å²) in [6.07, 6.45) is -2.89. The largest absolute Gasteiger partial charge is 0.444 e. The third-order valence-electron chi connectivity index (χ3n) is 5.03. The number of alkyl halides is 3. The van der Waals surface area contributed by atoms with Gasteiger partial charge in [-0.3, -0.25) is 0 Å². The second kappa shape index (κ2) is 10.5. The fourth-order valence-corrected chi connectivity index (χ4v) is 3.28. The zero-order valence-corrected chi connectivity index (χ0v) is 18.1. The molecular formula is C23H30F3N3O2. The van der Waals surface area contributed by atoms with Gasteiger partial charge in [-0.1, -0.05) is 31.2 Å². The maximum absolute atomic E-state index is 13.0. The van der Waals surface area contributed by atoms with Crippen LogP contribution in [0.3, 0.4) is 0 Å². The Labute approximate surface area is 181 Å². The van der Waals surface area contributed by atoms with Gasteiger partial charge >= 0.3 is 12.3 Å². The summed E-state index contributed by atoms with van der Waals surface area (Å²) in [6, 6.07) is 12.8. The molecule has 2 aromatic carbocycles. The van der Waals surface area contributed by atoms with Gasteiger partial charge in [0.2, 0.25) is 0 Å². The normalized spacial score (nSPS) is 13.0. The molecular weight excluding hydrogens is 407 g/mol. The summed E-state index contributed by atoms with van der Waals surface area (Å²) in [5.74, 6) is 0. The quantitative estimate of drug-likeness (QED) is 0.428. The number of nitrogens with two attached hydrogens (primary N) is 1. The SMILES string of the molecule is CCC(CCC(C)(C)OC(N)=O)NCc1ccccc1Nc1cccc(C(F)(F)F)c1. The molecule has 0 heterocycles. The highest BCUT2D eigenvalue weighted by Gasteiger charge is 2.30. The summed E-state index contributed by atoms with van der Waals surface area (Å²) >= 11 is 0. The number of carbonyl (C=O) groups excluding carboxylic acids is 1. The average molecular weight is 438 g/mol. The minimum atomic E-state index is -4.39. The van der Waals surface area contributed by atoms with Crippen molar-refractivity contribution in [2.24, 2.45) is 5.73 Å². The lowest BCUT2D eigenvalue weighted by molar-refractivity contribution is -0.137. The summed E-state index contributed by atoms with van der Waals surface area (Å²) in [6.45, 7) is 6.24. The van der Waals surface area contributed by atoms with E-state index in [0.29, 0.717) is 18.7 Å². The number of halogens is 3. The lowest BCUT2D eigenvalue weighted by Gasteiger charge is -2.27. The second-order valence-corrected chi connectivity index (χ2v) is 8.07. The van der Waals surface area contributed by atoms with Gasteiger partial charge in [-0.2, -0.15) is 13.2 Å². The van der Waals surface area contributed by atoms with E-state index in [1.165, 1.54) is 6.07 Å². The molecule has 2 rings (SSSR count). The topological polar surface area (TPSA) is 76.4 Å². The number of para-hydroxylation sites is 1. The highest BCUT2D eigenvalue weighted by Crippen LogP contribution is 2.32. The molecule has 1 amide bonds. The molecule has 4 N–H and O–H groups in total. The third-order valence-corrected chi connectivity index (χ3v) is 5.03. The average Bonchev–Trinajstić information content (AvgIpc) is 2.68. The number of hydrogen-bond acceptors (Lipinski definition) is 4. The number of ether oxygens (including phenoxy) is 1. The van der Waals surface area contributed by atoms with Gasteiger partial charge in [0.1, 0.15) is 5.60 Å². The Morgan fingerprint density at radius 2 is 1.84 bits per heavy atom. The van der Waals surface area contributed by atoms with E-state index in [1.54, 1.807) is 6.07 Å². The lowest BCUT2D eigenvalue weighted by Crippen LogP contribution is -2.35. The van der Waals surface area contributed by atoms with E-state index in [0.717, 1.165) is 36.2 Å². The molecule has 0 bridgehead atoms. The fraction of sp³-hybridized carbons (Fsp3) is 0.435. The lowest BCUT2D eigenvalue weighted by atomic mass is 9.97. The molecule has 170 valence electrons. The Bertz CT molecular complexity index is 869. The molecule has 1 atom stereocenters. The number of carbonyl (C=O) groups is 1. The summed E-state index contributed by atoms with van der Waals surface area (Å²) in [7, 11) is 0. The Kier molecular flexibility index (Phi) is 8.33. The summed E-state index contributed by atoms with van der Waals surface area (Å²) < 4.78 is 44.1. The molecule has 0 saturated heterocycles. The van der Waals surface area contributed by atoms with Gasteiger partial charge < -0.3 is 21.1 Å². The molecule has 0 aromatic heterocycles. The highest BCUT2D eigenvalue weighted by molar-refractivity contribution is 5.65. The van der Waals surface area contributed by atoms with E-state index in [2.05, 4.69) is 17.6 Å². The van der Waals surface area contributed by atoms with E-state index in [9.17, 15) is 18.0 Å². The smallest absolute Gasteiger partial charge is 0.416 e. The van der Waals surface area contributed by atoms with Gasteiger partial charge in [-0.05, 0) is 62.9 Å². The first-order chi connectivity index (χ1) is 14.5. The molecule has 0 saturated carbocycles. The van der Waals surface area contributed by atoms with Crippen molar-refractivity contribution >= 4 is 17.5 Å². The van der Waals surface area contributed by atoms with Crippen LogP contribution in [0.5, 0.6) is 0 Å². The van der Waals surface area contributed by atoms with Crippen LogP contribution in [-0.2, 0) is 17.5 Å². The number of hydrogen-bond donors (Lipinski definition) is 3. The zero-order chi connectivity index (χ0) is 23.1. The van der Waals surface area contributed by atoms with Crippen LogP contribution in [0.4, 0.5) is 29.3 Å². The Hall–Kier alpha value is -2.74. The van der Waals surface area contributed by atoms with Crippen molar-refractivity contribution < 1.29 is 22.7 Å². The van der Waals surface area contributed by atoms with Gasteiger partial charge in [0.25, 0.3) is 0 Å². The van der Waals surface area contributed by atoms with Crippen LogP contribution >= 0.6 is 0 Å². The van der Waals surface area contributed by atoms with E-state index < -0.39 is 23.4 Å². The number of amides is 1. The monoisotopic (exact) mass is 437 g/mol. The number of anilines is 2. The molecule has 5 nitrogen and oxygen atoms in total. The van der Waals surface area contributed by atoms with Crippen LogP contribution in [0.2, 0.25) is 0 Å². The van der Waals surface area contributed by atoms with Gasteiger partial charge in [0, 0.05) is 24.0 Å². The first-order valence-electron chi connectivity index (χ1n) is 10.2. The van der Waals surface area contributed by atoms with Crippen LogP contribution in [0.15, 0.2) is 48.5 Å². The Balaban J connectivity index is 2.03. The van der Waals surface area contributed by atoms with E-state index in [-0.39, 0.29) is 6.04 Å². The van der Waals surface area contributed by atoms with Crippen molar-refractivity contribution in [3.63, 3.8) is 0 Å². The number of rotatable bonds is 10. The van der Waals surface area contributed by atoms with Gasteiger partial charge in [-0.15, -0.1) is 0 Å².